The third-order valence-electron chi connectivity index (χ3n) is 15.9. The van der Waals surface area contributed by atoms with E-state index in [2.05, 4.69) is 57.5 Å². The van der Waals surface area contributed by atoms with Crippen LogP contribution in [0.2, 0.25) is 0 Å². The molecule has 4 aromatic rings. The van der Waals surface area contributed by atoms with Crippen molar-refractivity contribution in [1.29, 1.82) is 0 Å². The monoisotopic (exact) mass is 1010 g/mol. The number of aliphatic hydroxyl groups is 1. The minimum absolute atomic E-state index is 0.000905. The topological polar surface area (TPSA) is 102 Å². The molecule has 4 unspecified atom stereocenters. The Morgan fingerprint density at radius 3 is 1.74 bits per heavy atom. The molecule has 1 radical (unpaired) electrons. The third kappa shape index (κ3) is 14.0. The summed E-state index contributed by atoms with van der Waals surface area (Å²) in [6, 6.07) is 30.8. The highest BCUT2D eigenvalue weighted by atomic mass is 35.5. The molecule has 70 heavy (non-hydrogen) atoms. The number of hydrogen-bond donors (Lipinski definition) is 1. The molecule has 2 saturated heterocycles. The molecule has 377 valence electrons. The van der Waals surface area contributed by atoms with Crippen molar-refractivity contribution in [3.63, 3.8) is 0 Å². The number of aliphatic hydroxyl groups excluding tert-OH is 1. The van der Waals surface area contributed by atoms with Crippen LogP contribution in [0.4, 0.5) is 0 Å². The van der Waals surface area contributed by atoms with Crippen LogP contribution in [0.15, 0.2) is 91.0 Å². The zero-order valence-electron chi connectivity index (χ0n) is 41.3. The highest BCUT2D eigenvalue weighted by molar-refractivity contribution is 8.20. The fourth-order valence-electron chi connectivity index (χ4n) is 12.5. The number of benzene rings is 4. The van der Waals surface area contributed by atoms with E-state index in [1.807, 2.05) is 42.5 Å². The van der Waals surface area contributed by atoms with Gasteiger partial charge in [0.05, 0.1) is 25.9 Å². The second-order valence-electron chi connectivity index (χ2n) is 20.0. The zero-order chi connectivity index (χ0) is 48.7. The number of fused-ring (bicyclic) bond motifs is 4. The van der Waals surface area contributed by atoms with E-state index in [1.54, 1.807) is 20.6 Å². The highest BCUT2D eigenvalue weighted by Gasteiger charge is 2.48. The predicted octanol–water partition coefficient (Wildman–Crippen LogP) is 12.2. The van der Waals surface area contributed by atoms with Gasteiger partial charge in [0.2, 0.25) is 0 Å². The van der Waals surface area contributed by atoms with Gasteiger partial charge in [-0.15, -0.1) is 17.1 Å². The molecule has 0 spiro atoms. The van der Waals surface area contributed by atoms with Gasteiger partial charge in [-0.25, -0.2) is 4.79 Å². The normalized spacial score (nSPS) is 27.6. The predicted molar refractivity (Wildman–Crippen MR) is 285 cm³/mol. The molecule has 1 N–H and O–H groups in total. The van der Waals surface area contributed by atoms with Crippen molar-refractivity contribution in [2.75, 3.05) is 40.6 Å². The highest BCUT2D eigenvalue weighted by Crippen LogP contribution is 2.50. The first-order valence-electron chi connectivity index (χ1n) is 26.1. The van der Waals surface area contributed by atoms with Crippen LogP contribution in [0.25, 0.3) is 11.1 Å². The molecule has 4 aliphatic carbocycles. The maximum atomic E-state index is 13.4. The molecule has 10 rings (SSSR count). The van der Waals surface area contributed by atoms with Gasteiger partial charge >= 0.3 is 5.97 Å². The summed E-state index contributed by atoms with van der Waals surface area (Å²) in [5.74, 6) is 4.63. The van der Waals surface area contributed by atoms with Crippen molar-refractivity contribution in [3.05, 3.63) is 119 Å². The number of esters is 1. The van der Waals surface area contributed by atoms with Gasteiger partial charge in [0, 0.05) is 26.4 Å². The van der Waals surface area contributed by atoms with Gasteiger partial charge in [-0.2, -0.15) is 11.5 Å². The van der Waals surface area contributed by atoms with Crippen molar-refractivity contribution in [2.45, 2.75) is 128 Å². The molecular weight excluding hydrogens is 937 g/mol. The lowest BCUT2D eigenvalue weighted by molar-refractivity contribution is -0.163. The third-order valence-corrected chi connectivity index (χ3v) is 17.5. The van der Waals surface area contributed by atoms with E-state index < -0.39 is 0 Å². The van der Waals surface area contributed by atoms with Crippen LogP contribution >= 0.6 is 28.5 Å². The van der Waals surface area contributed by atoms with E-state index >= 15 is 0 Å². The lowest BCUT2D eigenvalue weighted by atomic mass is 9.73. The van der Waals surface area contributed by atoms with Crippen molar-refractivity contribution in [1.82, 2.24) is 0 Å². The molecule has 0 bridgehead atoms. The first-order valence-corrected chi connectivity index (χ1v) is 29.4. The van der Waals surface area contributed by atoms with Crippen molar-refractivity contribution < 1.29 is 43.1 Å². The first kappa shape index (κ1) is 53.3. The average Bonchev–Trinajstić information content (AvgIpc) is 3.91. The van der Waals surface area contributed by atoms with Crippen molar-refractivity contribution in [2.24, 2.45) is 35.5 Å². The maximum Gasteiger partial charge on any atom is 0.338 e. The molecule has 12 atom stereocenters. The van der Waals surface area contributed by atoms with Gasteiger partial charge in [0.1, 0.15) is 17.6 Å². The van der Waals surface area contributed by atoms with Gasteiger partial charge in [-0.1, -0.05) is 66.7 Å². The number of hydrogen-bond acceptors (Lipinski definition) is 9. The summed E-state index contributed by atoms with van der Waals surface area (Å²) in [5, 5.41) is 10.7. The summed E-state index contributed by atoms with van der Waals surface area (Å²) in [5.41, 5.74) is 8.32. The minimum Gasteiger partial charge on any atom is -0.496 e. The molecule has 2 aliphatic heterocycles. The molecule has 13 heteroatoms. The van der Waals surface area contributed by atoms with Crippen LogP contribution in [0.1, 0.15) is 110 Å². The van der Waals surface area contributed by atoms with E-state index in [4.69, 9.17) is 44.6 Å². The van der Waals surface area contributed by atoms with Gasteiger partial charge < -0.3 is 38.3 Å². The number of rotatable bonds is 16. The fourth-order valence-corrected chi connectivity index (χ4v) is 12.5. The van der Waals surface area contributed by atoms with E-state index in [-0.39, 0.29) is 30.8 Å². The summed E-state index contributed by atoms with van der Waals surface area (Å²) < 4.78 is 40.9. The first-order chi connectivity index (χ1) is 34.4. The van der Waals surface area contributed by atoms with Crippen LogP contribution in [0.5, 0.6) is 11.5 Å². The summed E-state index contributed by atoms with van der Waals surface area (Å²) in [4.78, 5) is 13.4. The Hall–Kier alpha value is -3.04. The number of ether oxygens (including phenoxy) is 7. The molecule has 4 aromatic carbocycles. The van der Waals surface area contributed by atoms with Crippen LogP contribution in [0.3, 0.4) is 0 Å². The van der Waals surface area contributed by atoms with E-state index in [1.165, 1.54) is 35.1 Å². The molecule has 2 heterocycles. The van der Waals surface area contributed by atoms with E-state index in [0.717, 1.165) is 132 Å². The molecule has 9 nitrogen and oxygen atoms in total. The summed E-state index contributed by atoms with van der Waals surface area (Å²) >= 11 is 5.05. The summed E-state index contributed by atoms with van der Waals surface area (Å²) in [6.07, 6.45) is 17.8. The zero-order valence-corrected chi connectivity index (χ0v) is 44.2. The molecule has 0 aromatic heterocycles. The lowest BCUT2D eigenvalue weighted by Gasteiger charge is -2.32. The van der Waals surface area contributed by atoms with Crippen molar-refractivity contribution >= 4 is 40.9 Å². The van der Waals surface area contributed by atoms with Crippen LogP contribution in [-0.4, -0.2) is 82.9 Å². The van der Waals surface area contributed by atoms with Crippen LogP contribution in [0, 0.1) is 35.5 Å². The quantitative estimate of drug-likeness (QED) is 0.0509. The van der Waals surface area contributed by atoms with Gasteiger partial charge in [0.25, 0.3) is 6.41 Å². The SMILES string of the molecule is COc1cccc2c1C[C@H]1C[C@@H](O)[C@H](CCCOC3CCCCO3)[C@H]1C2.COc1cccc2c1C[C@H]1C[C@@H](OC(=O)c3ccc(-c4ccccc4)cc3)[C@H](CCCOC3CCCCO3)[C@H]1C2.PP[B]Cl. The number of carbonyl (C=O) groups excluding carboxylic acids is 1. The second kappa shape index (κ2) is 27.3. The molecule has 0 amide bonds. The Labute approximate surface area is 427 Å². The fraction of sp³-hybridized carbons (Fsp3) is 0.561. The number of carbonyl (C=O) groups is 1. The largest absolute Gasteiger partial charge is 0.496 e. The van der Waals surface area contributed by atoms with Crippen molar-refractivity contribution in [3.8, 4) is 22.6 Å². The molecule has 4 fully saturated rings. The van der Waals surface area contributed by atoms with Crippen LogP contribution in [-0.2, 0) is 49.4 Å². The second-order valence-corrected chi connectivity index (χ2v) is 22.2. The van der Waals surface area contributed by atoms with Crippen LogP contribution < -0.4 is 9.47 Å². The summed E-state index contributed by atoms with van der Waals surface area (Å²) in [7, 11) is 6.70. The molecular formula is C57H75BClO9P2. The Morgan fingerprint density at radius 1 is 0.686 bits per heavy atom. The smallest absolute Gasteiger partial charge is 0.338 e. The molecule has 2 saturated carbocycles. The molecule has 6 aliphatic rings. The lowest BCUT2D eigenvalue weighted by Crippen LogP contribution is -2.29. The number of methoxy groups -OCH3 is 2. The Balaban J connectivity index is 0.000000189. The number of halogens is 1. The summed E-state index contributed by atoms with van der Waals surface area (Å²) in [6.45, 7) is 3.06. The van der Waals surface area contributed by atoms with Gasteiger partial charge in [-0.05, 0) is 196 Å². The Morgan fingerprint density at radius 2 is 1.21 bits per heavy atom. The minimum atomic E-state index is -0.227. The Bertz CT molecular complexity index is 2210. The van der Waals surface area contributed by atoms with E-state index in [0.29, 0.717) is 55.8 Å². The maximum absolute atomic E-state index is 13.4. The average molecular weight is 1010 g/mol. The standard InChI is InChI=1S/C35H40O5.C22H32O4.BClH3P2/c1-37-32-13-7-11-27-21-30-28(22-31(27)32)23-33(29(30)12-8-20-39-34-14-5-6-19-38-34)40-35(36)26-17-15-25(16-18-26)24-9-3-2-4-10-24;1-24-21-8-4-6-15-12-18-16(13-19(15)21)14-20(23)17(18)7-5-11-26-22-9-2-3-10-25-22;2-1-4-3/h2-4,7,9-11,13,15-18,28-30,33-34H,5-6,8,12,14,19-23H2,1H3;4,6,8,16-18,20,22-23H,2-3,5,7,9-14H2,1H3;4H,3H2/t28-,29+,30-,33+,34?;16-,17+,18-,20+,22?;/m00./s1. The van der Waals surface area contributed by atoms with Gasteiger partial charge in [-0.3, -0.25) is 0 Å². The Kier molecular flexibility index (Phi) is 20.8. The van der Waals surface area contributed by atoms with E-state index in [9.17, 15) is 9.90 Å². The van der Waals surface area contributed by atoms with Gasteiger partial charge in [0.15, 0.2) is 12.6 Å².